The first-order valence-corrected chi connectivity index (χ1v) is 8.81. The SMILES string of the molecule is CC1C(C=O)=CN(c2ncnc3c2ncn3[C@H]2C[C@H](O)[C@@H](CO)O2)C=C1C=O. The van der Waals surface area contributed by atoms with Crippen LogP contribution in [0.1, 0.15) is 19.6 Å². The van der Waals surface area contributed by atoms with E-state index < -0.39 is 18.4 Å². The van der Waals surface area contributed by atoms with Crippen molar-refractivity contribution in [1.29, 1.82) is 0 Å². The van der Waals surface area contributed by atoms with Crippen molar-refractivity contribution in [3.05, 3.63) is 36.2 Å². The zero-order valence-electron chi connectivity index (χ0n) is 15.0. The quantitative estimate of drug-likeness (QED) is 0.687. The smallest absolute Gasteiger partial charge is 0.168 e. The summed E-state index contributed by atoms with van der Waals surface area (Å²) in [7, 11) is 0. The molecule has 2 aromatic heterocycles. The van der Waals surface area contributed by atoms with Gasteiger partial charge in [0.05, 0.1) is 19.0 Å². The van der Waals surface area contributed by atoms with Crippen molar-refractivity contribution in [3.8, 4) is 0 Å². The van der Waals surface area contributed by atoms with Crippen molar-refractivity contribution in [2.75, 3.05) is 11.5 Å². The monoisotopic (exact) mass is 385 g/mol. The van der Waals surface area contributed by atoms with Crippen LogP contribution in [0.5, 0.6) is 0 Å². The van der Waals surface area contributed by atoms with E-state index in [9.17, 15) is 19.8 Å². The Morgan fingerprint density at radius 3 is 2.54 bits per heavy atom. The number of carbonyl (C=O) groups excluding carboxylic acids is 2. The molecule has 1 fully saturated rings. The van der Waals surface area contributed by atoms with E-state index >= 15 is 0 Å². The van der Waals surface area contributed by atoms with Gasteiger partial charge in [0.25, 0.3) is 0 Å². The Morgan fingerprint density at radius 2 is 1.93 bits per heavy atom. The minimum atomic E-state index is -0.784. The fourth-order valence-electron chi connectivity index (χ4n) is 3.45. The average Bonchev–Trinajstić information content (AvgIpc) is 3.31. The number of aldehydes is 2. The van der Waals surface area contributed by atoms with Crippen LogP contribution in [-0.4, -0.2) is 61.1 Å². The van der Waals surface area contributed by atoms with Crippen molar-refractivity contribution in [2.45, 2.75) is 31.8 Å². The Balaban J connectivity index is 1.75. The second-order valence-corrected chi connectivity index (χ2v) is 6.76. The molecule has 0 aliphatic carbocycles. The highest BCUT2D eigenvalue weighted by Crippen LogP contribution is 2.33. The number of aromatic nitrogens is 4. The normalized spacial score (nSPS) is 25.7. The van der Waals surface area contributed by atoms with Gasteiger partial charge in [-0.05, 0) is 0 Å². The van der Waals surface area contributed by atoms with E-state index in [-0.39, 0.29) is 12.5 Å². The molecule has 2 N–H and O–H groups in total. The molecule has 1 saturated heterocycles. The summed E-state index contributed by atoms with van der Waals surface area (Å²) >= 11 is 0. The van der Waals surface area contributed by atoms with Gasteiger partial charge in [0, 0.05) is 35.9 Å². The maximum absolute atomic E-state index is 11.4. The van der Waals surface area contributed by atoms with Crippen LogP contribution in [0.15, 0.2) is 36.2 Å². The summed E-state index contributed by atoms with van der Waals surface area (Å²) in [4.78, 5) is 37.3. The molecule has 2 aliphatic heterocycles. The minimum Gasteiger partial charge on any atom is -0.394 e. The Labute approximate surface area is 159 Å². The Hall–Kier alpha value is -2.95. The molecule has 4 heterocycles. The van der Waals surface area contributed by atoms with Crippen molar-refractivity contribution in [3.63, 3.8) is 0 Å². The Morgan fingerprint density at radius 1 is 1.21 bits per heavy atom. The summed E-state index contributed by atoms with van der Waals surface area (Å²) in [6.07, 6.45) is 5.86. The minimum absolute atomic E-state index is 0.283. The third kappa shape index (κ3) is 2.91. The molecular formula is C18H19N5O5. The van der Waals surface area contributed by atoms with Crippen molar-refractivity contribution in [2.24, 2.45) is 5.92 Å². The molecule has 0 aromatic carbocycles. The van der Waals surface area contributed by atoms with Crippen LogP contribution < -0.4 is 4.90 Å². The summed E-state index contributed by atoms with van der Waals surface area (Å²) in [5.74, 6) is 0.108. The van der Waals surface area contributed by atoms with E-state index in [1.165, 1.54) is 12.7 Å². The van der Waals surface area contributed by atoms with Crippen LogP contribution >= 0.6 is 0 Å². The molecular weight excluding hydrogens is 366 g/mol. The molecule has 28 heavy (non-hydrogen) atoms. The number of aliphatic hydroxyl groups excluding tert-OH is 2. The standard InChI is InChI=1S/C18H19N5O5/c1-10-11(5-24)3-22(4-12(10)6-25)17-16-18(20-8-19-17)23(9-21-16)15-2-13(27)14(7-26)28-15/h3-6,8-10,13-15,26-27H,2,7H2,1H3/t13-,14+,15+/m0/s1. The molecule has 0 bridgehead atoms. The van der Waals surface area contributed by atoms with Gasteiger partial charge in [-0.15, -0.1) is 0 Å². The van der Waals surface area contributed by atoms with Gasteiger partial charge in [0.2, 0.25) is 0 Å². The Bertz CT molecular complexity index is 958. The number of hydrogen-bond acceptors (Lipinski definition) is 9. The summed E-state index contributed by atoms with van der Waals surface area (Å²) in [5, 5.41) is 19.3. The van der Waals surface area contributed by atoms with Gasteiger partial charge in [-0.25, -0.2) is 15.0 Å². The van der Waals surface area contributed by atoms with Gasteiger partial charge in [0.15, 0.2) is 17.0 Å². The predicted octanol–water partition coefficient (Wildman–Crippen LogP) is 0.0887. The molecule has 2 aliphatic rings. The molecule has 2 aromatic rings. The molecule has 0 amide bonds. The van der Waals surface area contributed by atoms with Crippen molar-refractivity contribution < 1.29 is 24.5 Å². The van der Waals surface area contributed by atoms with Crippen LogP contribution in [-0.2, 0) is 14.3 Å². The number of fused-ring (bicyclic) bond motifs is 1. The number of rotatable bonds is 5. The van der Waals surface area contributed by atoms with Crippen molar-refractivity contribution >= 4 is 29.6 Å². The second-order valence-electron chi connectivity index (χ2n) is 6.76. The fourth-order valence-corrected chi connectivity index (χ4v) is 3.45. The van der Waals surface area contributed by atoms with Crippen LogP contribution in [0.25, 0.3) is 11.2 Å². The molecule has 0 spiro atoms. The number of hydrogen-bond donors (Lipinski definition) is 2. The van der Waals surface area contributed by atoms with E-state index in [2.05, 4.69) is 15.0 Å². The number of anilines is 1. The van der Waals surface area contributed by atoms with E-state index in [1.54, 1.807) is 28.8 Å². The summed E-state index contributed by atoms with van der Waals surface area (Å²) < 4.78 is 7.34. The molecule has 10 nitrogen and oxygen atoms in total. The van der Waals surface area contributed by atoms with Crippen LogP contribution in [0.3, 0.4) is 0 Å². The van der Waals surface area contributed by atoms with Crippen LogP contribution in [0.4, 0.5) is 5.82 Å². The number of carbonyl (C=O) groups is 2. The lowest BCUT2D eigenvalue weighted by Crippen LogP contribution is -2.24. The molecule has 4 rings (SSSR count). The van der Waals surface area contributed by atoms with Gasteiger partial charge in [-0.2, -0.15) is 0 Å². The third-order valence-electron chi connectivity index (χ3n) is 5.13. The van der Waals surface area contributed by atoms with Gasteiger partial charge < -0.3 is 19.8 Å². The molecule has 0 unspecified atom stereocenters. The highest BCUT2D eigenvalue weighted by atomic mass is 16.5. The first-order chi connectivity index (χ1) is 13.6. The van der Waals surface area contributed by atoms with Gasteiger partial charge in [-0.1, -0.05) is 6.92 Å². The summed E-state index contributed by atoms with van der Waals surface area (Å²) in [6, 6.07) is 0. The first kappa shape index (κ1) is 18.4. The molecule has 0 saturated carbocycles. The highest BCUT2D eigenvalue weighted by Gasteiger charge is 2.35. The highest BCUT2D eigenvalue weighted by molar-refractivity contribution is 5.89. The van der Waals surface area contributed by atoms with Gasteiger partial charge in [0.1, 0.15) is 31.2 Å². The van der Waals surface area contributed by atoms with Crippen LogP contribution in [0.2, 0.25) is 0 Å². The van der Waals surface area contributed by atoms with E-state index in [1.807, 2.05) is 0 Å². The predicted molar refractivity (Wildman–Crippen MR) is 96.9 cm³/mol. The molecule has 10 heteroatoms. The summed E-state index contributed by atoms with van der Waals surface area (Å²) in [5.41, 5.74) is 1.82. The topological polar surface area (TPSA) is 131 Å². The molecule has 3 atom stereocenters. The van der Waals surface area contributed by atoms with E-state index in [0.29, 0.717) is 47.1 Å². The van der Waals surface area contributed by atoms with E-state index in [0.717, 1.165) is 0 Å². The Kier molecular flexibility index (Phi) is 4.75. The number of imidazole rings is 1. The summed E-state index contributed by atoms with van der Waals surface area (Å²) in [6.45, 7) is 1.50. The zero-order valence-corrected chi connectivity index (χ0v) is 15.0. The molecule has 146 valence electrons. The first-order valence-electron chi connectivity index (χ1n) is 8.81. The molecule has 0 radical (unpaired) electrons. The number of aliphatic hydroxyl groups is 2. The fraction of sp³-hybridized carbons (Fsp3) is 0.389. The lowest BCUT2D eigenvalue weighted by molar-refractivity contribution is -0.105. The van der Waals surface area contributed by atoms with E-state index in [4.69, 9.17) is 4.74 Å². The largest absolute Gasteiger partial charge is 0.394 e. The van der Waals surface area contributed by atoms with Gasteiger partial charge in [-0.3, -0.25) is 14.2 Å². The maximum atomic E-state index is 11.4. The third-order valence-corrected chi connectivity index (χ3v) is 5.13. The van der Waals surface area contributed by atoms with Crippen LogP contribution in [0, 0.1) is 5.92 Å². The average molecular weight is 385 g/mol. The number of allylic oxidation sites excluding steroid dienone is 2. The van der Waals surface area contributed by atoms with Crippen molar-refractivity contribution in [1.82, 2.24) is 19.5 Å². The van der Waals surface area contributed by atoms with Gasteiger partial charge >= 0.3 is 0 Å². The number of ether oxygens (including phenoxy) is 1. The lowest BCUT2D eigenvalue weighted by atomic mass is 9.93. The zero-order chi connectivity index (χ0) is 19.8. The second kappa shape index (κ2) is 7.23. The maximum Gasteiger partial charge on any atom is 0.168 e. The lowest BCUT2D eigenvalue weighted by Gasteiger charge is -2.25. The number of nitrogens with zero attached hydrogens (tertiary/aromatic N) is 5.